The van der Waals surface area contributed by atoms with Crippen LogP contribution in [0.5, 0.6) is 0 Å². The monoisotopic (exact) mass is 496 g/mol. The number of hydrogen-bond acceptors (Lipinski definition) is 5. The lowest BCUT2D eigenvalue weighted by Gasteiger charge is -2.18. The van der Waals surface area contributed by atoms with Gasteiger partial charge in [0.2, 0.25) is 11.8 Å². The van der Waals surface area contributed by atoms with Gasteiger partial charge in [0.05, 0.1) is 22.9 Å². The van der Waals surface area contributed by atoms with E-state index in [1.165, 1.54) is 21.7 Å². The summed E-state index contributed by atoms with van der Waals surface area (Å²) in [6.07, 6.45) is -3.74. The highest BCUT2D eigenvalue weighted by Gasteiger charge is 2.36. The second-order valence-corrected chi connectivity index (χ2v) is 8.41. The highest BCUT2D eigenvalue weighted by molar-refractivity contribution is 6.00. The third-order valence-electron chi connectivity index (χ3n) is 5.98. The maximum atomic E-state index is 13.0. The van der Waals surface area contributed by atoms with Crippen LogP contribution in [0.25, 0.3) is 5.69 Å². The lowest BCUT2D eigenvalue weighted by molar-refractivity contribution is -0.137. The first kappa shape index (κ1) is 24.8. The summed E-state index contributed by atoms with van der Waals surface area (Å²) in [4.78, 5) is 26.2. The Balaban J connectivity index is 1.33. The molecule has 36 heavy (non-hydrogen) atoms. The number of carbonyl (C=O) groups is 2. The fourth-order valence-corrected chi connectivity index (χ4v) is 4.14. The van der Waals surface area contributed by atoms with Crippen molar-refractivity contribution in [1.82, 2.24) is 15.1 Å². The summed E-state index contributed by atoms with van der Waals surface area (Å²) in [5, 5.41) is 16.7. The molecule has 0 radical (unpaired) electrons. The molecule has 11 heteroatoms. The van der Waals surface area contributed by atoms with Crippen LogP contribution < -0.4 is 16.0 Å². The molecule has 3 aromatic rings. The van der Waals surface area contributed by atoms with Gasteiger partial charge in [-0.05, 0) is 43.2 Å². The molecule has 1 aliphatic rings. The fraction of sp³-hybridized carbons (Fsp3) is 0.280. The third kappa shape index (κ3) is 5.17. The van der Waals surface area contributed by atoms with Gasteiger partial charge >= 0.3 is 6.18 Å². The predicted molar refractivity (Wildman–Crippen MR) is 126 cm³/mol. The van der Waals surface area contributed by atoms with E-state index in [2.05, 4.69) is 16.5 Å². The summed E-state index contributed by atoms with van der Waals surface area (Å²) in [7, 11) is 0. The van der Waals surface area contributed by atoms with Crippen molar-refractivity contribution in [3.05, 3.63) is 71.4 Å². The third-order valence-corrected chi connectivity index (χ3v) is 5.98. The van der Waals surface area contributed by atoms with Crippen molar-refractivity contribution in [3.63, 3.8) is 0 Å². The standard InChI is InChI=1S/C25H23F3N6O2/c26-25(27,28)17-6-4-9-19(13-17)33-15-16(12-22(33)35)24(36)31-11-5-10-21-20(14-29)23(30)34(32-21)18-7-2-1-3-8-18/h1-4,6-9,13,16H,5,10-12,15,30H2,(H,31,36). The number of nitrogens with two attached hydrogens (primary N) is 1. The molecule has 8 nitrogen and oxygen atoms in total. The molecule has 1 atom stereocenters. The van der Waals surface area contributed by atoms with Gasteiger partial charge in [-0.15, -0.1) is 0 Å². The zero-order valence-corrected chi connectivity index (χ0v) is 19.1. The first-order chi connectivity index (χ1) is 17.2. The van der Waals surface area contributed by atoms with Crippen LogP contribution in [0.3, 0.4) is 0 Å². The van der Waals surface area contributed by atoms with E-state index in [4.69, 9.17) is 5.73 Å². The Morgan fingerprint density at radius 2 is 1.89 bits per heavy atom. The Hall–Kier alpha value is -4.33. The number of anilines is 2. The van der Waals surface area contributed by atoms with Crippen molar-refractivity contribution >= 4 is 23.3 Å². The van der Waals surface area contributed by atoms with Crippen molar-refractivity contribution in [1.29, 1.82) is 5.26 Å². The minimum atomic E-state index is -4.53. The molecule has 0 saturated carbocycles. The molecule has 3 N–H and O–H groups in total. The quantitative estimate of drug-likeness (QED) is 0.486. The van der Waals surface area contributed by atoms with Gasteiger partial charge in [-0.2, -0.15) is 23.5 Å². The first-order valence-corrected chi connectivity index (χ1v) is 11.3. The van der Waals surface area contributed by atoms with Gasteiger partial charge in [0.25, 0.3) is 0 Å². The van der Waals surface area contributed by atoms with Crippen LogP contribution in [-0.4, -0.2) is 34.7 Å². The smallest absolute Gasteiger partial charge is 0.382 e. The van der Waals surface area contributed by atoms with E-state index in [9.17, 15) is 28.0 Å². The second-order valence-electron chi connectivity index (χ2n) is 8.41. The lowest BCUT2D eigenvalue weighted by Crippen LogP contribution is -2.33. The number of rotatable bonds is 7. The predicted octanol–water partition coefficient (Wildman–Crippen LogP) is 3.45. The number of nitriles is 1. The zero-order chi connectivity index (χ0) is 25.9. The van der Waals surface area contributed by atoms with E-state index < -0.39 is 23.6 Å². The van der Waals surface area contributed by atoms with E-state index in [0.717, 1.165) is 17.8 Å². The average Bonchev–Trinajstić information content (AvgIpc) is 3.41. The average molecular weight is 496 g/mol. The van der Waals surface area contributed by atoms with Crippen molar-refractivity contribution in [2.24, 2.45) is 5.92 Å². The molecular formula is C25H23F3N6O2. The number of halogens is 3. The summed E-state index contributed by atoms with van der Waals surface area (Å²) in [6.45, 7) is 0.276. The van der Waals surface area contributed by atoms with E-state index in [1.807, 2.05) is 30.3 Å². The molecule has 1 saturated heterocycles. The zero-order valence-electron chi connectivity index (χ0n) is 19.1. The number of nitrogens with one attached hydrogen (secondary N) is 1. The van der Waals surface area contributed by atoms with Gasteiger partial charge in [-0.25, -0.2) is 4.68 Å². The topological polar surface area (TPSA) is 117 Å². The molecule has 1 fully saturated rings. The summed E-state index contributed by atoms with van der Waals surface area (Å²) < 4.78 is 40.5. The summed E-state index contributed by atoms with van der Waals surface area (Å²) >= 11 is 0. The molecule has 1 unspecified atom stereocenters. The molecule has 186 valence electrons. The van der Waals surface area contributed by atoms with Crippen LogP contribution in [-0.2, 0) is 22.2 Å². The summed E-state index contributed by atoms with van der Waals surface area (Å²) in [5.41, 5.74) is 6.88. The Morgan fingerprint density at radius 1 is 1.17 bits per heavy atom. The van der Waals surface area contributed by atoms with Gasteiger partial charge in [-0.3, -0.25) is 9.59 Å². The number of nitrogens with zero attached hydrogens (tertiary/aromatic N) is 4. The minimum absolute atomic E-state index is 0.00255. The van der Waals surface area contributed by atoms with Crippen LogP contribution in [0.1, 0.15) is 29.7 Å². The largest absolute Gasteiger partial charge is 0.416 e. The number of carbonyl (C=O) groups excluding carboxylic acids is 2. The van der Waals surface area contributed by atoms with Crippen LogP contribution in [0.4, 0.5) is 24.7 Å². The van der Waals surface area contributed by atoms with E-state index in [1.54, 1.807) is 0 Å². The number of benzene rings is 2. The van der Waals surface area contributed by atoms with Gasteiger partial charge in [0.15, 0.2) is 0 Å². The maximum absolute atomic E-state index is 13.0. The van der Waals surface area contributed by atoms with Crippen LogP contribution in [0, 0.1) is 17.2 Å². The van der Waals surface area contributed by atoms with Crippen LogP contribution >= 0.6 is 0 Å². The number of alkyl halides is 3. The van der Waals surface area contributed by atoms with Crippen LogP contribution in [0.2, 0.25) is 0 Å². The van der Waals surface area contributed by atoms with E-state index >= 15 is 0 Å². The fourth-order valence-electron chi connectivity index (χ4n) is 4.14. The molecule has 1 aliphatic heterocycles. The molecular weight excluding hydrogens is 473 g/mol. The van der Waals surface area contributed by atoms with Crippen molar-refractivity contribution in [3.8, 4) is 11.8 Å². The Morgan fingerprint density at radius 3 is 2.58 bits per heavy atom. The molecule has 2 amide bonds. The highest BCUT2D eigenvalue weighted by atomic mass is 19.4. The minimum Gasteiger partial charge on any atom is -0.382 e. The molecule has 2 aromatic carbocycles. The van der Waals surface area contributed by atoms with Crippen molar-refractivity contribution in [2.45, 2.75) is 25.4 Å². The molecule has 1 aromatic heterocycles. The first-order valence-electron chi connectivity index (χ1n) is 11.3. The van der Waals surface area contributed by atoms with Gasteiger partial charge in [0.1, 0.15) is 17.5 Å². The SMILES string of the molecule is N#Cc1c(CCCNC(=O)C2CC(=O)N(c3cccc(C(F)(F)F)c3)C2)nn(-c2ccccc2)c1N. The van der Waals surface area contributed by atoms with Crippen molar-refractivity contribution in [2.75, 3.05) is 23.7 Å². The Labute approximate surface area is 205 Å². The van der Waals surface area contributed by atoms with E-state index in [-0.39, 0.29) is 42.5 Å². The number of hydrogen-bond donors (Lipinski definition) is 2. The lowest BCUT2D eigenvalue weighted by atomic mass is 10.1. The Kier molecular flexibility index (Phi) is 6.96. The number of para-hydroxylation sites is 1. The van der Waals surface area contributed by atoms with Crippen molar-refractivity contribution < 1.29 is 22.8 Å². The molecule has 0 aliphatic carbocycles. The van der Waals surface area contributed by atoms with Crippen LogP contribution in [0.15, 0.2) is 54.6 Å². The highest BCUT2D eigenvalue weighted by Crippen LogP contribution is 2.33. The number of aryl methyl sites for hydroxylation is 1. The molecule has 0 spiro atoms. The van der Waals surface area contributed by atoms with Gasteiger partial charge in [-0.1, -0.05) is 24.3 Å². The number of nitrogen functional groups attached to an aromatic ring is 1. The maximum Gasteiger partial charge on any atom is 0.416 e. The molecule has 2 heterocycles. The number of amides is 2. The second kappa shape index (κ2) is 10.1. The normalized spacial score (nSPS) is 15.7. The summed E-state index contributed by atoms with van der Waals surface area (Å²) in [5.74, 6) is -1.20. The van der Waals surface area contributed by atoms with Gasteiger partial charge in [0, 0.05) is 25.2 Å². The molecule has 0 bridgehead atoms. The van der Waals surface area contributed by atoms with E-state index in [0.29, 0.717) is 18.5 Å². The number of aromatic nitrogens is 2. The summed E-state index contributed by atoms with van der Waals surface area (Å²) in [6, 6.07) is 15.7. The van der Waals surface area contributed by atoms with Gasteiger partial charge < -0.3 is 16.0 Å². The Bertz CT molecular complexity index is 1310. The molecule has 4 rings (SSSR count).